The van der Waals surface area contributed by atoms with Crippen molar-refractivity contribution in [3.63, 3.8) is 0 Å². The third-order valence-corrected chi connectivity index (χ3v) is 19.6. The summed E-state index contributed by atoms with van der Waals surface area (Å²) in [7, 11) is -23.3. The lowest BCUT2D eigenvalue weighted by atomic mass is 9.79. The van der Waals surface area contributed by atoms with Gasteiger partial charge in [0.15, 0.2) is 5.71 Å². The molecule has 430 valence electrons. The molecule has 0 saturated carbocycles. The largest absolute Gasteiger partial charge is 0.352 e. The van der Waals surface area contributed by atoms with Crippen molar-refractivity contribution in [1.82, 2.24) is 20.5 Å². The minimum atomic E-state index is -5.10. The van der Waals surface area contributed by atoms with Crippen molar-refractivity contribution in [3.8, 4) is 0 Å². The van der Waals surface area contributed by atoms with Gasteiger partial charge in [0.25, 0.3) is 56.4 Å². The number of ketones is 1. The summed E-state index contributed by atoms with van der Waals surface area (Å²) in [5, 5.41) is 16.4. The number of Topliss-reactive ketones (excluding diaryl/α,β-unsaturated/α-hetero) is 1. The van der Waals surface area contributed by atoms with Gasteiger partial charge in [0.1, 0.15) is 22.2 Å². The molecule has 1 amide bonds. The van der Waals surface area contributed by atoms with E-state index in [0.29, 0.717) is 57.5 Å². The first kappa shape index (κ1) is 60.6. The zero-order valence-electron chi connectivity index (χ0n) is 44.1. The summed E-state index contributed by atoms with van der Waals surface area (Å²) in [6.07, 6.45) is 9.45. The third-order valence-electron chi connectivity index (χ3n) is 14.0. The molecule has 7 N–H and O–H groups in total. The van der Waals surface area contributed by atoms with Gasteiger partial charge in [-0.05, 0) is 103 Å². The van der Waals surface area contributed by atoms with E-state index in [0.717, 1.165) is 41.3 Å². The quantitative estimate of drug-likeness (QED) is 0.0260. The van der Waals surface area contributed by atoms with Crippen molar-refractivity contribution in [2.45, 2.75) is 96.6 Å². The van der Waals surface area contributed by atoms with Crippen LogP contribution >= 0.6 is 11.3 Å². The summed E-state index contributed by atoms with van der Waals surface area (Å²) < 4.78 is 165. The summed E-state index contributed by atoms with van der Waals surface area (Å²) in [6.45, 7) is 9.88. The molecule has 4 aromatic carbocycles. The Balaban J connectivity index is 1.25. The average Bonchev–Trinajstić information content (AvgIpc) is 2.12. The lowest BCUT2D eigenvalue weighted by molar-refractivity contribution is -0.438. The van der Waals surface area contributed by atoms with Crippen LogP contribution in [0.1, 0.15) is 92.5 Å². The Morgan fingerprint density at radius 1 is 0.778 bits per heavy atom. The maximum absolute atomic E-state index is 13.4. The third kappa shape index (κ3) is 12.9. The highest BCUT2D eigenvalue weighted by Gasteiger charge is 2.46. The van der Waals surface area contributed by atoms with E-state index in [-0.39, 0.29) is 64.4 Å². The molecule has 0 bridgehead atoms. The van der Waals surface area contributed by atoms with Crippen molar-refractivity contribution in [2.24, 2.45) is 5.14 Å². The highest BCUT2D eigenvalue weighted by Crippen LogP contribution is 2.52. The number of nitrogens with one attached hydrogen (secondary N) is 1. The molecular weight excluding hydrogens is 1170 g/mol. The van der Waals surface area contributed by atoms with Crippen LogP contribution in [-0.2, 0) is 72.5 Å². The van der Waals surface area contributed by atoms with E-state index in [1.54, 1.807) is 49.1 Å². The Labute approximate surface area is 472 Å². The van der Waals surface area contributed by atoms with Crippen molar-refractivity contribution in [2.75, 3.05) is 30.3 Å². The van der Waals surface area contributed by atoms with Gasteiger partial charge in [-0.15, -0.1) is 10.2 Å². The Morgan fingerprint density at radius 2 is 1.47 bits per heavy atom. The number of amides is 1. The van der Waals surface area contributed by atoms with E-state index in [1.807, 2.05) is 39.0 Å². The van der Waals surface area contributed by atoms with E-state index < -0.39 is 87.1 Å². The molecule has 6 aromatic rings. The van der Waals surface area contributed by atoms with Crippen molar-refractivity contribution in [1.29, 1.82) is 0 Å². The van der Waals surface area contributed by atoms with Crippen molar-refractivity contribution < 1.29 is 74.5 Å². The Morgan fingerprint density at radius 3 is 2.09 bits per heavy atom. The number of nitrogens with zero attached hydrogens (tertiary/aromatic N) is 5. The van der Waals surface area contributed by atoms with Crippen LogP contribution in [0.25, 0.3) is 27.1 Å². The van der Waals surface area contributed by atoms with E-state index in [1.165, 1.54) is 36.5 Å². The summed E-state index contributed by atoms with van der Waals surface area (Å²) >= 11 is 0.657. The van der Waals surface area contributed by atoms with Crippen LogP contribution in [0.5, 0.6) is 0 Å². The first-order chi connectivity index (χ1) is 37.6. The molecule has 81 heavy (non-hydrogen) atoms. The van der Waals surface area contributed by atoms with Gasteiger partial charge in [-0.3, -0.25) is 32.8 Å². The van der Waals surface area contributed by atoms with Gasteiger partial charge in [0.05, 0.1) is 38.6 Å². The van der Waals surface area contributed by atoms with Crippen molar-refractivity contribution >= 4 is 118 Å². The maximum atomic E-state index is 13.4. The van der Waals surface area contributed by atoms with Gasteiger partial charge in [0, 0.05) is 77.6 Å². The molecule has 0 radical (unpaired) electrons. The number of sulfonamides is 1. The summed E-state index contributed by atoms with van der Waals surface area (Å²) in [6, 6.07) is 15.9. The smallest absolute Gasteiger partial charge is 0.295 e. The fraction of sp³-hybridized carbons (Fsp3) is 0.308. The molecule has 2 aliphatic heterocycles. The average molecular weight is 1230 g/mol. The molecule has 0 atom stereocenters. The number of allylic oxidation sites excluding steroid dienone is 6. The van der Waals surface area contributed by atoms with Gasteiger partial charge < -0.3 is 10.2 Å². The fourth-order valence-electron chi connectivity index (χ4n) is 10.3. The van der Waals surface area contributed by atoms with Crippen LogP contribution in [0.2, 0.25) is 0 Å². The number of carbonyl (C=O) groups excluding carboxylic acids is 2. The second kappa shape index (κ2) is 22.3. The second-order valence-corrected chi connectivity index (χ2v) is 28.9. The molecule has 23 nitrogen and oxygen atoms in total. The van der Waals surface area contributed by atoms with Crippen LogP contribution in [0.3, 0.4) is 0 Å². The lowest BCUT2D eigenvalue weighted by Crippen LogP contribution is -2.28. The number of aromatic nitrogens is 3. The van der Waals surface area contributed by atoms with Gasteiger partial charge >= 0.3 is 0 Å². The van der Waals surface area contributed by atoms with E-state index >= 15 is 0 Å². The van der Waals surface area contributed by atoms with Crippen LogP contribution in [0.4, 0.5) is 11.4 Å². The Kier molecular flexibility index (Phi) is 16.7. The van der Waals surface area contributed by atoms with Gasteiger partial charge in [0.2, 0.25) is 10.0 Å². The molecule has 0 saturated heterocycles. The van der Waals surface area contributed by atoms with Crippen molar-refractivity contribution in [3.05, 3.63) is 130 Å². The molecule has 0 fully saturated rings. The standard InChI is InChI=1S/C52H55N7O16S6/c1-6-7-23-58-41-17-11-31-9-14-35(79(67,68)69)27-38(31)47(41)51(2,3)44(58)19-12-32(40-16-10-33(30-55-40)49(61)54-22-21-34(60)26-46-56-57-50(76-46)78(53,65)66)13-20-45-52(4,5)48-39-28-36(80(70,71)72)29-43(81(73,74)75)37(39)15-18-42(48)59(45)24-8-25-77(62,63)64/h9-20,27-30H,6-8,21-26H2,1-5H3,(H6-,53,54,61,62,63,64,65,66,67,68,69,70,71,72,73,74,75)/p+1. The number of unbranched alkanes of at least 4 members (excludes halogenated alkanes) is 1. The number of hydrogen-bond donors (Lipinski definition) is 6. The summed E-state index contributed by atoms with van der Waals surface area (Å²) in [5.41, 5.74) is 2.37. The molecule has 2 aliphatic rings. The van der Waals surface area contributed by atoms with Gasteiger partial charge in [-0.2, -0.15) is 38.2 Å². The van der Waals surface area contributed by atoms with E-state index in [2.05, 4.69) is 25.1 Å². The fourth-order valence-corrected chi connectivity index (χ4v) is 14.1. The van der Waals surface area contributed by atoms with Crippen LogP contribution in [0.15, 0.2) is 122 Å². The highest BCUT2D eigenvalue weighted by atomic mass is 32.3. The number of pyridine rings is 1. The minimum Gasteiger partial charge on any atom is -0.352 e. The first-order valence-corrected chi connectivity index (χ1v) is 33.1. The van der Waals surface area contributed by atoms with Gasteiger partial charge in [-0.1, -0.05) is 56.7 Å². The number of hydrogen-bond acceptors (Lipinski definition) is 17. The number of anilines is 1. The first-order valence-electron chi connectivity index (χ1n) is 24.8. The molecule has 2 aromatic heterocycles. The van der Waals surface area contributed by atoms with Crippen LogP contribution in [-0.4, -0.2) is 123 Å². The highest BCUT2D eigenvalue weighted by molar-refractivity contribution is 7.91. The normalized spacial score (nSPS) is 16.2. The SMILES string of the molecule is CCCC[N+]1=C(/C=C/C(=C/C=C2/N(CCCS(=O)(=O)O)c3ccc4c(S(=O)(=O)O)cc(S(=O)(=O)O)cc4c3C2(C)C)c2ccc(C(=O)NCCC(=O)Cc3nnc(S(N)(=O)=O)s3)cn2)C(C)(C)c2c1ccc1ccc(S(=O)(=O)O)cc21. The number of fused-ring (bicyclic) bond motifs is 6. The number of nitrogens with two attached hydrogens (primary N) is 1. The van der Waals surface area contributed by atoms with E-state index in [9.17, 15) is 69.9 Å². The molecule has 8 rings (SSSR count). The predicted molar refractivity (Wildman–Crippen MR) is 303 cm³/mol. The maximum Gasteiger partial charge on any atom is 0.295 e. The van der Waals surface area contributed by atoms with Gasteiger partial charge in [-0.25, -0.2) is 13.6 Å². The topological polar surface area (TPSA) is 369 Å². The molecule has 29 heteroatoms. The van der Waals surface area contributed by atoms with Crippen LogP contribution in [0, 0.1) is 0 Å². The molecule has 0 aliphatic carbocycles. The lowest BCUT2D eigenvalue weighted by Gasteiger charge is -2.27. The summed E-state index contributed by atoms with van der Waals surface area (Å²) in [5.74, 6) is -1.60. The Bertz CT molecular complexity index is 4320. The minimum absolute atomic E-state index is 0.0193. The summed E-state index contributed by atoms with van der Waals surface area (Å²) in [4.78, 5) is 30.7. The van der Waals surface area contributed by atoms with E-state index in [4.69, 9.17) is 5.14 Å². The zero-order valence-corrected chi connectivity index (χ0v) is 49.0. The van der Waals surface area contributed by atoms with Crippen LogP contribution < -0.4 is 15.4 Å². The number of primary sulfonamides is 1. The number of carbonyl (C=O) groups is 2. The molecule has 0 spiro atoms. The molecule has 0 unspecified atom stereocenters. The molecule has 4 heterocycles. The zero-order chi connectivity index (χ0) is 59.4. The molecular formula is C52H56N7O16S6+. The monoisotopic (exact) mass is 1230 g/mol. The number of rotatable bonds is 21. The Hall–Kier alpha value is -6.51. The number of benzene rings is 4. The predicted octanol–water partition coefficient (Wildman–Crippen LogP) is 6.33. The second-order valence-electron chi connectivity index (χ2n) is 20.3.